The van der Waals surface area contributed by atoms with Crippen LogP contribution in [-0.2, 0) is 28.6 Å². The van der Waals surface area contributed by atoms with E-state index >= 15 is 0 Å². The fourth-order valence-electron chi connectivity index (χ4n) is 4.19. The Hall–Kier alpha value is -4.29. The Bertz CT molecular complexity index is 1610. The van der Waals surface area contributed by atoms with Crippen LogP contribution in [0.1, 0.15) is 38.9 Å². The molecule has 0 fully saturated rings. The molecule has 2 heterocycles. The number of nitrogens with one attached hydrogen (secondary N) is 1. The number of hydrogen-bond donors (Lipinski definition) is 2. The van der Waals surface area contributed by atoms with Gasteiger partial charge in [0.2, 0.25) is 16.6 Å². The predicted octanol–water partition coefficient (Wildman–Crippen LogP) is 3.75. The second kappa shape index (κ2) is 12.7. The zero-order valence-corrected chi connectivity index (χ0v) is 23.0. The molecule has 0 aliphatic heterocycles. The molecule has 2 aromatic heterocycles. The van der Waals surface area contributed by atoms with Gasteiger partial charge in [-0.05, 0) is 60.5 Å². The highest BCUT2D eigenvalue weighted by molar-refractivity contribution is 7.69. The number of ether oxygens (including phenoxy) is 2. The van der Waals surface area contributed by atoms with Crippen LogP contribution in [0.2, 0.25) is 0 Å². The van der Waals surface area contributed by atoms with Crippen LogP contribution in [0.5, 0.6) is 5.75 Å². The summed E-state index contributed by atoms with van der Waals surface area (Å²) in [4.78, 5) is 29.2. The third-order valence-electron chi connectivity index (χ3n) is 6.23. The van der Waals surface area contributed by atoms with Gasteiger partial charge in [0.25, 0.3) is 5.91 Å². The summed E-state index contributed by atoms with van der Waals surface area (Å²) in [5.74, 6) is -0.712. The summed E-state index contributed by atoms with van der Waals surface area (Å²) in [6.45, 7) is 1.89. The van der Waals surface area contributed by atoms with Gasteiger partial charge in [-0.3, -0.25) is 4.79 Å². The SMILES string of the molecule is CCc1cc2c(C(=O)NC)c(-c3ccc(F)cc3)oc2nc1CN(CCOc1cccc(C(=O)OC)c1)[SH](=O)=O. The van der Waals surface area contributed by atoms with E-state index in [-0.39, 0.29) is 36.7 Å². The van der Waals surface area contributed by atoms with Gasteiger partial charge in [0, 0.05) is 19.2 Å². The molecule has 0 radical (unpaired) electrons. The Morgan fingerprint density at radius 2 is 1.88 bits per heavy atom. The Labute approximate surface area is 231 Å². The molecule has 0 spiro atoms. The van der Waals surface area contributed by atoms with E-state index in [2.05, 4.69) is 10.3 Å². The van der Waals surface area contributed by atoms with Crippen LogP contribution in [0, 0.1) is 5.82 Å². The number of amides is 1. The lowest BCUT2D eigenvalue weighted by Crippen LogP contribution is -2.27. The summed E-state index contributed by atoms with van der Waals surface area (Å²) in [5.41, 5.74) is 2.42. The van der Waals surface area contributed by atoms with Crippen LogP contribution in [0.15, 0.2) is 59.0 Å². The van der Waals surface area contributed by atoms with Crippen molar-refractivity contribution >= 4 is 33.9 Å². The number of hydrogen-bond acceptors (Lipinski definition) is 8. The molecule has 0 aliphatic carbocycles. The van der Waals surface area contributed by atoms with Crippen LogP contribution >= 0.6 is 0 Å². The maximum Gasteiger partial charge on any atom is 0.337 e. The number of methoxy groups -OCH3 is 1. The quantitative estimate of drug-likeness (QED) is 0.207. The van der Waals surface area contributed by atoms with E-state index < -0.39 is 28.6 Å². The van der Waals surface area contributed by atoms with Crippen molar-refractivity contribution in [3.63, 3.8) is 0 Å². The van der Waals surface area contributed by atoms with Gasteiger partial charge < -0.3 is 19.2 Å². The van der Waals surface area contributed by atoms with Crippen molar-refractivity contribution in [3.05, 3.63) is 82.8 Å². The number of halogens is 1. The zero-order valence-electron chi connectivity index (χ0n) is 22.1. The Morgan fingerprint density at radius 1 is 1.12 bits per heavy atom. The van der Waals surface area contributed by atoms with Crippen LogP contribution in [0.25, 0.3) is 22.4 Å². The number of benzene rings is 2. The molecule has 210 valence electrons. The number of thiol groups is 1. The Morgan fingerprint density at radius 3 is 2.52 bits per heavy atom. The normalized spacial score (nSPS) is 11.2. The number of aromatic nitrogens is 1. The first-order valence-electron chi connectivity index (χ1n) is 12.4. The van der Waals surface area contributed by atoms with Gasteiger partial charge in [-0.15, -0.1) is 0 Å². The van der Waals surface area contributed by atoms with Crippen molar-refractivity contribution < 1.29 is 36.3 Å². The molecule has 0 unspecified atom stereocenters. The lowest BCUT2D eigenvalue weighted by Gasteiger charge is -2.17. The van der Waals surface area contributed by atoms with Gasteiger partial charge in [0.15, 0.2) is 0 Å². The van der Waals surface area contributed by atoms with Crippen LogP contribution < -0.4 is 10.1 Å². The van der Waals surface area contributed by atoms with Gasteiger partial charge >= 0.3 is 5.97 Å². The smallest absolute Gasteiger partial charge is 0.337 e. The summed E-state index contributed by atoms with van der Waals surface area (Å²) in [7, 11) is -0.220. The third-order valence-corrected chi connectivity index (χ3v) is 7.03. The maximum atomic E-state index is 13.5. The van der Waals surface area contributed by atoms with Crippen LogP contribution in [0.4, 0.5) is 4.39 Å². The molecule has 40 heavy (non-hydrogen) atoms. The molecule has 1 N–H and O–H groups in total. The van der Waals surface area contributed by atoms with E-state index in [0.29, 0.717) is 34.4 Å². The molecule has 0 bridgehead atoms. The van der Waals surface area contributed by atoms with E-state index in [1.165, 1.54) is 48.8 Å². The number of carbonyl (C=O) groups is 2. The second-order valence-electron chi connectivity index (χ2n) is 8.69. The summed E-state index contributed by atoms with van der Waals surface area (Å²) in [6.07, 6.45) is 0.517. The molecule has 0 atom stereocenters. The number of aryl methyl sites for hydroxylation is 1. The minimum atomic E-state index is -2.99. The van der Waals surface area contributed by atoms with Gasteiger partial charge in [-0.2, -0.15) is 4.31 Å². The number of esters is 1. The molecule has 12 heteroatoms. The highest BCUT2D eigenvalue weighted by Gasteiger charge is 2.24. The van der Waals surface area contributed by atoms with Crippen LogP contribution in [0.3, 0.4) is 0 Å². The first-order valence-corrected chi connectivity index (χ1v) is 13.5. The predicted molar refractivity (Wildman–Crippen MR) is 146 cm³/mol. The topological polar surface area (TPSA) is 128 Å². The summed E-state index contributed by atoms with van der Waals surface area (Å²) in [6, 6.07) is 13.7. The summed E-state index contributed by atoms with van der Waals surface area (Å²) < 4.78 is 55.3. The average Bonchev–Trinajstić information content (AvgIpc) is 3.33. The van der Waals surface area contributed by atoms with E-state index in [1.807, 2.05) is 6.92 Å². The first kappa shape index (κ1) is 28.7. The van der Waals surface area contributed by atoms with Crippen molar-refractivity contribution in [1.29, 1.82) is 0 Å². The van der Waals surface area contributed by atoms with Crippen LogP contribution in [-0.4, -0.2) is 56.9 Å². The van der Waals surface area contributed by atoms with Crippen molar-refractivity contribution in [1.82, 2.24) is 14.6 Å². The molecular weight excluding hydrogens is 541 g/mol. The highest BCUT2D eigenvalue weighted by Crippen LogP contribution is 2.34. The lowest BCUT2D eigenvalue weighted by molar-refractivity contribution is 0.0600. The van der Waals surface area contributed by atoms with E-state index in [9.17, 15) is 22.4 Å². The van der Waals surface area contributed by atoms with Gasteiger partial charge in [-0.25, -0.2) is 22.6 Å². The fraction of sp³-hybridized carbons (Fsp3) is 0.250. The summed E-state index contributed by atoms with van der Waals surface area (Å²) >= 11 is 0. The van der Waals surface area contributed by atoms with Crippen molar-refractivity contribution in [2.45, 2.75) is 19.9 Å². The minimum Gasteiger partial charge on any atom is -0.492 e. The van der Waals surface area contributed by atoms with E-state index in [0.717, 1.165) is 5.56 Å². The minimum absolute atomic E-state index is 0.0203. The molecule has 1 amide bonds. The molecular formula is C28H28FN3O7S. The number of pyridine rings is 1. The second-order valence-corrected chi connectivity index (χ2v) is 9.73. The highest BCUT2D eigenvalue weighted by atomic mass is 32.2. The molecule has 4 rings (SSSR count). The van der Waals surface area contributed by atoms with Crippen molar-refractivity contribution in [3.8, 4) is 17.1 Å². The maximum absolute atomic E-state index is 13.5. The molecule has 0 saturated carbocycles. The molecule has 0 saturated heterocycles. The number of fused-ring (bicyclic) bond motifs is 1. The van der Waals surface area contributed by atoms with E-state index in [4.69, 9.17) is 13.9 Å². The monoisotopic (exact) mass is 569 g/mol. The standard InChI is InChI=1S/C28H28FN3O7S/c1-4-17-15-22-24(26(33)30-2)25(18-8-10-20(29)11-9-18)39-27(22)31-23(17)16-32(40(35)36)12-13-38-21-7-5-6-19(14-21)28(34)37-3/h5-11,14-15,40H,4,12-13,16H2,1-3H3,(H,30,33). The number of rotatable bonds is 11. The molecule has 10 nitrogen and oxygen atoms in total. The Balaban J connectivity index is 1.61. The van der Waals surface area contributed by atoms with Gasteiger partial charge in [0.1, 0.15) is 23.9 Å². The fourth-order valence-corrected chi connectivity index (χ4v) is 4.68. The number of carbonyl (C=O) groups excluding carboxylic acids is 2. The number of nitrogens with zero attached hydrogens (tertiary/aromatic N) is 2. The largest absolute Gasteiger partial charge is 0.492 e. The first-order chi connectivity index (χ1) is 19.2. The lowest BCUT2D eigenvalue weighted by atomic mass is 10.0. The van der Waals surface area contributed by atoms with Gasteiger partial charge in [0.05, 0.1) is 35.9 Å². The molecule has 2 aromatic carbocycles. The molecule has 4 aromatic rings. The van der Waals surface area contributed by atoms with Crippen molar-refractivity contribution in [2.75, 3.05) is 27.3 Å². The number of furan rings is 1. The molecule has 0 aliphatic rings. The van der Waals surface area contributed by atoms with Gasteiger partial charge in [-0.1, -0.05) is 13.0 Å². The van der Waals surface area contributed by atoms with Crippen molar-refractivity contribution in [2.24, 2.45) is 0 Å². The zero-order chi connectivity index (χ0) is 28.8. The summed E-state index contributed by atoms with van der Waals surface area (Å²) in [5, 5.41) is 3.07. The Kier molecular flexibility index (Phi) is 9.12. The van der Waals surface area contributed by atoms with E-state index in [1.54, 1.807) is 24.3 Å². The third kappa shape index (κ3) is 6.29. The average molecular weight is 570 g/mol.